The van der Waals surface area contributed by atoms with Gasteiger partial charge in [0.1, 0.15) is 0 Å². The van der Waals surface area contributed by atoms with Crippen LogP contribution in [0.15, 0.2) is 194 Å². The molecule has 0 amide bonds. The Labute approximate surface area is 317 Å². The standard InChI is InChI=1S/C53H32N2/c1-3-14-33(15-4-1)53(34-16-5-2-6-17-34)44-23-10-7-18-36(44)37-27-26-35(32-45(37)53)54-47-25-12-9-20-42(47)50-39-29-31-49-51(40(39)28-30-48(50)54)43-22-13-21-41-38-19-8-11-24-46(38)55(49)52(41)43/h1-32H. The summed E-state index contributed by atoms with van der Waals surface area (Å²) in [5, 5.41) is 10.4. The molecule has 3 heterocycles. The van der Waals surface area contributed by atoms with Gasteiger partial charge in [0.25, 0.3) is 0 Å². The van der Waals surface area contributed by atoms with Crippen molar-refractivity contribution in [1.82, 2.24) is 8.97 Å². The third-order valence-electron chi connectivity index (χ3n) is 12.7. The number of para-hydroxylation sites is 3. The normalized spacial score (nSPS) is 13.6. The Kier molecular flexibility index (Phi) is 5.59. The fourth-order valence-corrected chi connectivity index (χ4v) is 10.7. The predicted molar refractivity (Wildman–Crippen MR) is 230 cm³/mol. The summed E-state index contributed by atoms with van der Waals surface area (Å²) in [7, 11) is 0. The maximum Gasteiger partial charge on any atom is 0.0714 e. The number of aromatic nitrogens is 2. The molecule has 0 saturated heterocycles. The van der Waals surface area contributed by atoms with Gasteiger partial charge in [-0.2, -0.15) is 0 Å². The summed E-state index contributed by atoms with van der Waals surface area (Å²) in [6.45, 7) is 0. The molecule has 0 fully saturated rings. The molecule has 0 unspecified atom stereocenters. The van der Waals surface area contributed by atoms with Gasteiger partial charge in [-0.15, -0.1) is 0 Å². The number of hydrogen-bond acceptors (Lipinski definition) is 0. The lowest BCUT2D eigenvalue weighted by Gasteiger charge is -2.34. The van der Waals surface area contributed by atoms with Crippen LogP contribution in [0.2, 0.25) is 0 Å². The van der Waals surface area contributed by atoms with Crippen LogP contribution in [0.1, 0.15) is 22.3 Å². The van der Waals surface area contributed by atoms with Gasteiger partial charge in [0, 0.05) is 38.0 Å². The zero-order valence-electron chi connectivity index (χ0n) is 29.9. The first-order valence-corrected chi connectivity index (χ1v) is 19.2. The van der Waals surface area contributed by atoms with E-state index in [9.17, 15) is 0 Å². The molecule has 9 aromatic carbocycles. The maximum atomic E-state index is 2.50. The number of fused-ring (bicyclic) bond motifs is 15. The molecule has 55 heavy (non-hydrogen) atoms. The Balaban J connectivity index is 1.12. The van der Waals surface area contributed by atoms with Gasteiger partial charge in [-0.05, 0) is 80.6 Å². The molecule has 12 aromatic rings. The van der Waals surface area contributed by atoms with Crippen molar-refractivity contribution >= 4 is 70.7 Å². The molecule has 2 heteroatoms. The first-order valence-electron chi connectivity index (χ1n) is 19.2. The summed E-state index contributed by atoms with van der Waals surface area (Å²) in [4.78, 5) is 0. The van der Waals surface area contributed by atoms with Crippen molar-refractivity contribution in [3.63, 3.8) is 0 Å². The molecule has 2 nitrogen and oxygen atoms in total. The fraction of sp³-hybridized carbons (Fsp3) is 0.0189. The largest absolute Gasteiger partial charge is 0.309 e. The van der Waals surface area contributed by atoms with E-state index < -0.39 is 5.41 Å². The second-order valence-electron chi connectivity index (χ2n) is 15.2. The van der Waals surface area contributed by atoms with Crippen LogP contribution in [0.3, 0.4) is 0 Å². The number of benzene rings is 9. The first-order chi connectivity index (χ1) is 27.3. The van der Waals surface area contributed by atoms with Crippen LogP contribution in [0.25, 0.3) is 87.5 Å². The molecule has 0 radical (unpaired) electrons. The minimum absolute atomic E-state index is 0.460. The molecule has 1 aliphatic carbocycles. The van der Waals surface area contributed by atoms with Crippen LogP contribution in [-0.2, 0) is 5.41 Å². The van der Waals surface area contributed by atoms with Crippen LogP contribution in [0.5, 0.6) is 0 Å². The average molecular weight is 697 g/mol. The van der Waals surface area contributed by atoms with E-state index in [0.717, 1.165) is 0 Å². The Morgan fingerprint density at radius 1 is 0.327 bits per heavy atom. The zero-order chi connectivity index (χ0) is 35.8. The lowest BCUT2D eigenvalue weighted by molar-refractivity contribution is 0.767. The van der Waals surface area contributed by atoms with E-state index in [1.807, 2.05) is 0 Å². The molecule has 0 aliphatic heterocycles. The monoisotopic (exact) mass is 696 g/mol. The Hall–Kier alpha value is -7.16. The lowest BCUT2D eigenvalue weighted by atomic mass is 9.67. The van der Waals surface area contributed by atoms with Gasteiger partial charge in [0.05, 0.1) is 33.0 Å². The van der Waals surface area contributed by atoms with Crippen molar-refractivity contribution in [3.05, 3.63) is 216 Å². The number of rotatable bonds is 3. The third-order valence-corrected chi connectivity index (χ3v) is 12.7. The van der Waals surface area contributed by atoms with Gasteiger partial charge < -0.3 is 8.97 Å². The SMILES string of the molecule is c1ccc(C2(c3ccccc3)c3ccccc3-c3ccc(-n4c5ccccc5c5c6ccc7c(c6ccc54)c4cccc5c6ccccc6n7c54)cc32)cc1. The molecule has 0 spiro atoms. The van der Waals surface area contributed by atoms with Crippen LogP contribution in [-0.4, -0.2) is 8.97 Å². The van der Waals surface area contributed by atoms with Crippen LogP contribution in [0.4, 0.5) is 0 Å². The quantitative estimate of drug-likeness (QED) is 0.174. The third kappa shape index (κ3) is 3.55. The maximum absolute atomic E-state index is 2.50. The van der Waals surface area contributed by atoms with E-state index in [1.165, 1.54) is 110 Å². The molecular weight excluding hydrogens is 665 g/mol. The molecular formula is C53H32N2. The molecule has 13 rings (SSSR count). The van der Waals surface area contributed by atoms with Crippen LogP contribution in [0, 0.1) is 0 Å². The van der Waals surface area contributed by atoms with E-state index in [1.54, 1.807) is 0 Å². The minimum atomic E-state index is -0.460. The minimum Gasteiger partial charge on any atom is -0.309 e. The molecule has 254 valence electrons. The van der Waals surface area contributed by atoms with Crippen molar-refractivity contribution in [3.8, 4) is 16.8 Å². The van der Waals surface area contributed by atoms with Crippen LogP contribution >= 0.6 is 0 Å². The van der Waals surface area contributed by atoms with Gasteiger partial charge in [0.2, 0.25) is 0 Å². The van der Waals surface area contributed by atoms with Gasteiger partial charge in [-0.25, -0.2) is 0 Å². The number of nitrogens with zero attached hydrogens (tertiary/aromatic N) is 2. The van der Waals surface area contributed by atoms with Crippen LogP contribution < -0.4 is 0 Å². The summed E-state index contributed by atoms with van der Waals surface area (Å²) < 4.78 is 4.98. The summed E-state index contributed by atoms with van der Waals surface area (Å²) >= 11 is 0. The molecule has 0 atom stereocenters. The summed E-state index contributed by atoms with van der Waals surface area (Å²) in [5.74, 6) is 0. The van der Waals surface area contributed by atoms with E-state index in [4.69, 9.17) is 0 Å². The topological polar surface area (TPSA) is 9.34 Å². The molecule has 0 bridgehead atoms. The highest BCUT2D eigenvalue weighted by molar-refractivity contribution is 6.32. The summed E-state index contributed by atoms with van der Waals surface area (Å²) in [6, 6.07) is 72.4. The Morgan fingerprint density at radius 3 is 1.69 bits per heavy atom. The van der Waals surface area contributed by atoms with Crippen molar-refractivity contribution in [1.29, 1.82) is 0 Å². The second kappa shape index (κ2) is 10.5. The van der Waals surface area contributed by atoms with E-state index >= 15 is 0 Å². The van der Waals surface area contributed by atoms with Crippen molar-refractivity contribution in [2.75, 3.05) is 0 Å². The predicted octanol–water partition coefficient (Wildman–Crippen LogP) is 13.5. The average Bonchev–Trinajstić information content (AvgIpc) is 3.98. The molecule has 0 N–H and O–H groups in total. The summed E-state index contributed by atoms with van der Waals surface area (Å²) in [6.07, 6.45) is 0. The highest BCUT2D eigenvalue weighted by Crippen LogP contribution is 2.56. The van der Waals surface area contributed by atoms with Crippen molar-refractivity contribution in [2.24, 2.45) is 0 Å². The lowest BCUT2D eigenvalue weighted by Crippen LogP contribution is -2.28. The van der Waals surface area contributed by atoms with Gasteiger partial charge >= 0.3 is 0 Å². The zero-order valence-corrected chi connectivity index (χ0v) is 29.9. The van der Waals surface area contributed by atoms with E-state index in [2.05, 4.69) is 203 Å². The van der Waals surface area contributed by atoms with E-state index in [-0.39, 0.29) is 0 Å². The Morgan fingerprint density at radius 2 is 0.909 bits per heavy atom. The number of hydrogen-bond donors (Lipinski definition) is 0. The van der Waals surface area contributed by atoms with Crippen molar-refractivity contribution in [2.45, 2.75) is 5.41 Å². The first kappa shape index (κ1) is 29.3. The fourth-order valence-electron chi connectivity index (χ4n) is 10.7. The van der Waals surface area contributed by atoms with Gasteiger partial charge in [0.15, 0.2) is 0 Å². The molecule has 3 aromatic heterocycles. The highest BCUT2D eigenvalue weighted by atomic mass is 15.0. The van der Waals surface area contributed by atoms with E-state index in [0.29, 0.717) is 0 Å². The Bertz CT molecular complexity index is 3490. The molecule has 0 saturated carbocycles. The smallest absolute Gasteiger partial charge is 0.0714 e. The van der Waals surface area contributed by atoms with Gasteiger partial charge in [-0.1, -0.05) is 158 Å². The molecule has 1 aliphatic rings. The van der Waals surface area contributed by atoms with Crippen molar-refractivity contribution < 1.29 is 0 Å². The summed E-state index contributed by atoms with van der Waals surface area (Å²) in [5.41, 5.74) is 14.8. The second-order valence-corrected chi connectivity index (χ2v) is 15.2. The van der Waals surface area contributed by atoms with Gasteiger partial charge in [-0.3, -0.25) is 0 Å². The highest BCUT2D eigenvalue weighted by Gasteiger charge is 2.46.